The van der Waals surface area contributed by atoms with E-state index in [0.29, 0.717) is 22.0 Å². The quantitative estimate of drug-likeness (QED) is 0.485. The number of nitrogens with zero attached hydrogens (tertiary/aromatic N) is 1. The minimum absolute atomic E-state index is 0.0839. The van der Waals surface area contributed by atoms with E-state index in [9.17, 15) is 14.7 Å². The molecule has 0 bridgehead atoms. The van der Waals surface area contributed by atoms with Crippen molar-refractivity contribution in [2.75, 3.05) is 26.8 Å². The van der Waals surface area contributed by atoms with Crippen LogP contribution in [-0.2, 0) is 9.53 Å². The number of carbonyl (C=O) groups excluding carboxylic acids is 2. The lowest BCUT2D eigenvalue weighted by Gasteiger charge is -2.27. The maximum Gasteiger partial charge on any atom is 0.325 e. The van der Waals surface area contributed by atoms with Crippen LogP contribution in [0.5, 0.6) is 0 Å². The van der Waals surface area contributed by atoms with E-state index in [1.807, 2.05) is 42.5 Å². The maximum atomic E-state index is 13.5. The zero-order chi connectivity index (χ0) is 22.4. The second kappa shape index (κ2) is 10.6. The average Bonchev–Trinajstić information content (AvgIpc) is 2.79. The van der Waals surface area contributed by atoms with Crippen molar-refractivity contribution >= 4 is 45.9 Å². The molecular weight excluding hydrogens is 437 g/mol. The van der Waals surface area contributed by atoms with Crippen LogP contribution in [0, 0.1) is 0 Å². The van der Waals surface area contributed by atoms with Gasteiger partial charge in [0.1, 0.15) is 6.54 Å². The average molecular weight is 460 g/mol. The Labute approximate surface area is 191 Å². The fraction of sp³-hybridized carbons (Fsp3) is 0.250. The molecule has 0 aliphatic heterocycles. The Morgan fingerprint density at radius 1 is 1.03 bits per heavy atom. The molecule has 7 heteroatoms. The van der Waals surface area contributed by atoms with E-state index in [-0.39, 0.29) is 31.5 Å². The highest BCUT2D eigenvalue weighted by Gasteiger charge is 2.25. The van der Waals surface area contributed by atoms with Gasteiger partial charge < -0.3 is 14.7 Å². The van der Waals surface area contributed by atoms with Crippen LogP contribution in [0.2, 0.25) is 10.0 Å². The lowest BCUT2D eigenvalue weighted by Crippen LogP contribution is -2.39. The first-order valence-electron chi connectivity index (χ1n) is 9.84. The van der Waals surface area contributed by atoms with Crippen molar-refractivity contribution < 1.29 is 19.4 Å². The molecule has 0 unspecified atom stereocenters. The molecule has 0 aromatic heterocycles. The number of rotatable bonds is 8. The number of aliphatic hydroxyl groups excluding tert-OH is 1. The third-order valence-electron chi connectivity index (χ3n) is 5.19. The molecule has 0 radical (unpaired) electrons. The van der Waals surface area contributed by atoms with Crippen molar-refractivity contribution in [1.82, 2.24) is 4.90 Å². The molecule has 0 aliphatic rings. The summed E-state index contributed by atoms with van der Waals surface area (Å²) in [5.41, 5.74) is 1.32. The number of esters is 1. The van der Waals surface area contributed by atoms with Crippen molar-refractivity contribution in [1.29, 1.82) is 0 Å². The molecule has 162 valence electrons. The summed E-state index contributed by atoms with van der Waals surface area (Å²) in [6.45, 7) is -0.0864. The van der Waals surface area contributed by atoms with E-state index in [1.165, 1.54) is 12.0 Å². The Bertz CT molecular complexity index is 1080. The van der Waals surface area contributed by atoms with Gasteiger partial charge in [-0.2, -0.15) is 0 Å². The molecule has 5 nitrogen and oxygen atoms in total. The summed E-state index contributed by atoms with van der Waals surface area (Å²) in [5, 5.41) is 12.2. The summed E-state index contributed by atoms with van der Waals surface area (Å²) in [6, 6.07) is 18.3. The molecule has 0 saturated heterocycles. The highest BCUT2D eigenvalue weighted by atomic mass is 35.5. The molecule has 3 rings (SSSR count). The minimum atomic E-state index is -0.523. The van der Waals surface area contributed by atoms with Gasteiger partial charge in [0.05, 0.1) is 17.2 Å². The van der Waals surface area contributed by atoms with Crippen molar-refractivity contribution in [3.05, 3.63) is 81.8 Å². The van der Waals surface area contributed by atoms with Crippen LogP contribution in [0.1, 0.15) is 28.3 Å². The molecule has 1 atom stereocenters. The maximum absolute atomic E-state index is 13.5. The fourth-order valence-electron chi connectivity index (χ4n) is 3.57. The summed E-state index contributed by atoms with van der Waals surface area (Å²) in [4.78, 5) is 27.1. The van der Waals surface area contributed by atoms with E-state index in [4.69, 9.17) is 27.9 Å². The smallest absolute Gasteiger partial charge is 0.325 e. The number of carbonyl (C=O) groups is 2. The molecular formula is C24H23Cl2NO4. The zero-order valence-electron chi connectivity index (χ0n) is 17.1. The van der Waals surface area contributed by atoms with Gasteiger partial charge in [-0.25, -0.2) is 0 Å². The van der Waals surface area contributed by atoms with Gasteiger partial charge in [-0.3, -0.25) is 9.59 Å². The van der Waals surface area contributed by atoms with E-state index in [1.54, 1.807) is 18.2 Å². The highest BCUT2D eigenvalue weighted by molar-refractivity contribution is 6.42. The van der Waals surface area contributed by atoms with Crippen LogP contribution < -0.4 is 0 Å². The lowest BCUT2D eigenvalue weighted by molar-refractivity contribution is -0.141. The van der Waals surface area contributed by atoms with E-state index >= 15 is 0 Å². The van der Waals surface area contributed by atoms with Crippen LogP contribution in [0.3, 0.4) is 0 Å². The molecule has 0 saturated carbocycles. The van der Waals surface area contributed by atoms with Crippen LogP contribution in [0.4, 0.5) is 0 Å². The van der Waals surface area contributed by atoms with E-state index < -0.39 is 5.97 Å². The Balaban J connectivity index is 1.97. The first-order chi connectivity index (χ1) is 14.9. The number of amides is 1. The number of methoxy groups -OCH3 is 1. The molecule has 0 spiro atoms. The summed E-state index contributed by atoms with van der Waals surface area (Å²) < 4.78 is 4.82. The normalized spacial score (nSPS) is 11.9. The highest BCUT2D eigenvalue weighted by Crippen LogP contribution is 2.29. The van der Waals surface area contributed by atoms with E-state index in [0.717, 1.165) is 16.3 Å². The summed E-state index contributed by atoms with van der Waals surface area (Å²) in [7, 11) is 1.28. The number of fused-ring (bicyclic) bond motifs is 1. The first kappa shape index (κ1) is 23.1. The van der Waals surface area contributed by atoms with Crippen molar-refractivity contribution in [3.63, 3.8) is 0 Å². The molecule has 0 heterocycles. The number of ether oxygens (including phenoxy) is 1. The van der Waals surface area contributed by atoms with Crippen LogP contribution in [0.15, 0.2) is 60.7 Å². The third-order valence-corrected chi connectivity index (χ3v) is 5.93. The Hall–Kier alpha value is -2.60. The lowest BCUT2D eigenvalue weighted by atomic mass is 9.94. The number of halogens is 2. The summed E-state index contributed by atoms with van der Waals surface area (Å²) in [5.74, 6) is -1.06. The van der Waals surface area contributed by atoms with Crippen LogP contribution in [-0.4, -0.2) is 48.7 Å². The molecule has 0 aliphatic carbocycles. The van der Waals surface area contributed by atoms with Crippen molar-refractivity contribution in [3.8, 4) is 0 Å². The molecule has 1 N–H and O–H groups in total. The fourth-order valence-corrected chi connectivity index (χ4v) is 3.88. The predicted molar refractivity (Wildman–Crippen MR) is 123 cm³/mol. The second-order valence-corrected chi connectivity index (χ2v) is 7.99. The van der Waals surface area contributed by atoms with Crippen molar-refractivity contribution in [2.45, 2.75) is 12.3 Å². The number of hydrogen-bond donors (Lipinski definition) is 1. The van der Waals surface area contributed by atoms with Gasteiger partial charge >= 0.3 is 5.97 Å². The molecule has 3 aromatic carbocycles. The molecule has 1 amide bonds. The minimum Gasteiger partial charge on any atom is -0.468 e. The number of aliphatic hydroxyl groups is 1. The second-order valence-electron chi connectivity index (χ2n) is 7.17. The summed E-state index contributed by atoms with van der Waals surface area (Å²) >= 11 is 12.2. The first-order valence-corrected chi connectivity index (χ1v) is 10.6. The van der Waals surface area contributed by atoms with Gasteiger partial charge in [-0.1, -0.05) is 65.7 Å². The topological polar surface area (TPSA) is 66.8 Å². The third kappa shape index (κ3) is 5.56. The van der Waals surface area contributed by atoms with Crippen molar-refractivity contribution in [2.24, 2.45) is 0 Å². The molecule has 0 fully saturated rings. The zero-order valence-corrected chi connectivity index (χ0v) is 18.6. The molecule has 31 heavy (non-hydrogen) atoms. The standard InChI is InChI=1S/C24H23Cl2NO4/c1-31-23(29)15-27(14-18(11-12-28)17-9-10-21(25)22(26)13-17)24(30)20-8-4-6-16-5-2-3-7-19(16)20/h2-10,13,18,28H,11-12,14-15H2,1H3/t18-/m1/s1. The van der Waals surface area contributed by atoms with Gasteiger partial charge in [0.15, 0.2) is 0 Å². The van der Waals surface area contributed by atoms with Crippen LogP contribution >= 0.6 is 23.2 Å². The van der Waals surface area contributed by atoms with E-state index in [2.05, 4.69) is 0 Å². The molecule has 3 aromatic rings. The van der Waals surface area contributed by atoms with Gasteiger partial charge in [0.25, 0.3) is 5.91 Å². The Morgan fingerprint density at radius 2 is 1.77 bits per heavy atom. The van der Waals surface area contributed by atoms with Gasteiger partial charge in [-0.15, -0.1) is 0 Å². The van der Waals surface area contributed by atoms with Gasteiger partial charge in [0.2, 0.25) is 0 Å². The van der Waals surface area contributed by atoms with Gasteiger partial charge in [0, 0.05) is 24.6 Å². The SMILES string of the molecule is COC(=O)CN(C[C@@H](CCO)c1ccc(Cl)c(Cl)c1)C(=O)c1cccc2ccccc12. The number of benzene rings is 3. The predicted octanol–water partition coefficient (Wildman–Crippen LogP) is 4.93. The largest absolute Gasteiger partial charge is 0.468 e. The Morgan fingerprint density at radius 3 is 2.48 bits per heavy atom. The van der Waals surface area contributed by atoms with Gasteiger partial charge in [-0.05, 0) is 41.0 Å². The number of hydrogen-bond acceptors (Lipinski definition) is 4. The monoisotopic (exact) mass is 459 g/mol. The summed E-state index contributed by atoms with van der Waals surface area (Å²) in [6.07, 6.45) is 0.387. The van der Waals surface area contributed by atoms with Crippen LogP contribution in [0.25, 0.3) is 10.8 Å². The Kier molecular flexibility index (Phi) is 7.91.